The Bertz CT molecular complexity index is 841. The van der Waals surface area contributed by atoms with Crippen molar-refractivity contribution in [1.82, 2.24) is 15.5 Å². The smallest absolute Gasteiger partial charge is 0.224 e. The molecule has 1 fully saturated rings. The molecule has 0 spiro atoms. The second-order valence-corrected chi connectivity index (χ2v) is 8.60. The summed E-state index contributed by atoms with van der Waals surface area (Å²) in [6, 6.07) is 12.2. The number of carbonyl (C=O) groups is 1. The summed E-state index contributed by atoms with van der Waals surface area (Å²) in [4.78, 5) is 14.4. The summed E-state index contributed by atoms with van der Waals surface area (Å²) in [6.07, 6.45) is 2.37. The van der Waals surface area contributed by atoms with Gasteiger partial charge in [0.05, 0.1) is 16.5 Å². The SMILES string of the molecule is O=C(Cc1ccccc1F)NCCNCC1CCN(Cc2ccc(Cl)c(Cl)c2)CC1. The van der Waals surface area contributed by atoms with Crippen molar-refractivity contribution in [2.24, 2.45) is 5.92 Å². The van der Waals surface area contributed by atoms with E-state index in [1.54, 1.807) is 18.2 Å². The summed E-state index contributed by atoms with van der Waals surface area (Å²) >= 11 is 12.1. The maximum Gasteiger partial charge on any atom is 0.224 e. The van der Waals surface area contributed by atoms with Crippen LogP contribution in [-0.2, 0) is 17.8 Å². The number of rotatable bonds is 9. The molecule has 2 aromatic rings. The van der Waals surface area contributed by atoms with Crippen LogP contribution in [0.25, 0.3) is 0 Å². The van der Waals surface area contributed by atoms with Gasteiger partial charge in [0.2, 0.25) is 5.91 Å². The van der Waals surface area contributed by atoms with Crippen molar-refractivity contribution < 1.29 is 9.18 Å². The lowest BCUT2D eigenvalue weighted by molar-refractivity contribution is -0.120. The van der Waals surface area contributed by atoms with Crippen LogP contribution in [0.4, 0.5) is 4.39 Å². The van der Waals surface area contributed by atoms with Gasteiger partial charge >= 0.3 is 0 Å². The van der Waals surface area contributed by atoms with Gasteiger partial charge in [0.25, 0.3) is 0 Å². The molecule has 0 saturated carbocycles. The molecule has 0 atom stereocenters. The van der Waals surface area contributed by atoms with Crippen LogP contribution < -0.4 is 10.6 Å². The van der Waals surface area contributed by atoms with Gasteiger partial charge in [0.15, 0.2) is 0 Å². The molecular weight excluding hydrogens is 424 g/mol. The Morgan fingerprint density at radius 3 is 2.57 bits per heavy atom. The van der Waals surface area contributed by atoms with Crippen LogP contribution in [0.3, 0.4) is 0 Å². The molecule has 2 aromatic carbocycles. The van der Waals surface area contributed by atoms with Crippen molar-refractivity contribution in [2.45, 2.75) is 25.8 Å². The Morgan fingerprint density at radius 2 is 1.83 bits per heavy atom. The van der Waals surface area contributed by atoms with Crippen LogP contribution in [0, 0.1) is 11.7 Å². The van der Waals surface area contributed by atoms with E-state index in [0.29, 0.717) is 34.6 Å². The van der Waals surface area contributed by atoms with Crippen LogP contribution in [0.1, 0.15) is 24.0 Å². The number of hydrogen-bond acceptors (Lipinski definition) is 3. The zero-order valence-electron chi connectivity index (χ0n) is 17.0. The second kappa shape index (κ2) is 11.7. The van der Waals surface area contributed by atoms with Crippen molar-refractivity contribution in [3.8, 4) is 0 Å². The first kappa shape index (κ1) is 23.0. The molecule has 162 valence electrons. The quantitative estimate of drug-likeness (QED) is 0.558. The number of nitrogens with one attached hydrogen (secondary N) is 2. The molecule has 1 saturated heterocycles. The van der Waals surface area contributed by atoms with E-state index in [2.05, 4.69) is 15.5 Å². The Kier molecular flexibility index (Phi) is 8.94. The summed E-state index contributed by atoms with van der Waals surface area (Å²) in [6.45, 7) is 5.22. The van der Waals surface area contributed by atoms with Gasteiger partial charge in [-0.2, -0.15) is 0 Å². The summed E-state index contributed by atoms with van der Waals surface area (Å²) < 4.78 is 13.6. The molecule has 0 radical (unpaired) electrons. The number of piperidine rings is 1. The minimum Gasteiger partial charge on any atom is -0.355 e. The molecule has 0 unspecified atom stereocenters. The zero-order valence-corrected chi connectivity index (χ0v) is 18.5. The average molecular weight is 452 g/mol. The number of likely N-dealkylation sites (tertiary alicyclic amines) is 1. The molecule has 30 heavy (non-hydrogen) atoms. The van der Waals surface area contributed by atoms with Crippen LogP contribution >= 0.6 is 23.2 Å². The molecule has 7 heteroatoms. The number of carbonyl (C=O) groups excluding carboxylic acids is 1. The largest absolute Gasteiger partial charge is 0.355 e. The van der Waals surface area contributed by atoms with E-state index >= 15 is 0 Å². The highest BCUT2D eigenvalue weighted by Crippen LogP contribution is 2.24. The molecule has 1 heterocycles. The fourth-order valence-corrected chi connectivity index (χ4v) is 4.04. The van der Waals surface area contributed by atoms with Crippen LogP contribution in [-0.4, -0.2) is 43.5 Å². The molecular formula is C23H28Cl2FN3O. The van der Waals surface area contributed by atoms with Crippen molar-refractivity contribution in [3.63, 3.8) is 0 Å². The molecule has 0 aromatic heterocycles. The summed E-state index contributed by atoms with van der Waals surface area (Å²) in [5.74, 6) is 0.151. The van der Waals surface area contributed by atoms with Gasteiger partial charge in [-0.05, 0) is 67.7 Å². The molecule has 1 amide bonds. The third kappa shape index (κ3) is 7.24. The predicted octanol–water partition coefficient (Wildman–Crippen LogP) is 4.29. The minimum absolute atomic E-state index is 0.0734. The van der Waals surface area contributed by atoms with Crippen molar-refractivity contribution >= 4 is 29.1 Å². The monoisotopic (exact) mass is 451 g/mol. The summed E-state index contributed by atoms with van der Waals surface area (Å²) in [5, 5.41) is 7.46. The zero-order chi connectivity index (χ0) is 21.3. The second-order valence-electron chi connectivity index (χ2n) is 7.79. The molecule has 1 aliphatic heterocycles. The number of halogens is 3. The van der Waals surface area contributed by atoms with Gasteiger partial charge in [-0.25, -0.2) is 4.39 Å². The minimum atomic E-state index is -0.337. The van der Waals surface area contributed by atoms with E-state index in [-0.39, 0.29) is 18.1 Å². The van der Waals surface area contributed by atoms with E-state index in [1.165, 1.54) is 11.6 Å². The number of hydrogen-bond donors (Lipinski definition) is 2. The highest BCUT2D eigenvalue weighted by Gasteiger charge is 2.19. The number of nitrogens with zero attached hydrogens (tertiary/aromatic N) is 1. The molecule has 0 aliphatic carbocycles. The first-order valence-corrected chi connectivity index (χ1v) is 11.1. The Labute approximate surface area is 187 Å². The van der Waals surface area contributed by atoms with Gasteiger partial charge in [0, 0.05) is 19.6 Å². The molecule has 3 rings (SSSR count). The van der Waals surface area contributed by atoms with Crippen molar-refractivity contribution in [1.29, 1.82) is 0 Å². The van der Waals surface area contributed by atoms with Crippen LogP contribution in [0.15, 0.2) is 42.5 Å². The highest BCUT2D eigenvalue weighted by molar-refractivity contribution is 6.42. The van der Waals surface area contributed by atoms with Gasteiger partial charge in [-0.15, -0.1) is 0 Å². The highest BCUT2D eigenvalue weighted by atomic mass is 35.5. The molecule has 0 bridgehead atoms. The van der Waals surface area contributed by atoms with Crippen LogP contribution in [0.5, 0.6) is 0 Å². The van der Waals surface area contributed by atoms with E-state index in [1.807, 2.05) is 18.2 Å². The van der Waals surface area contributed by atoms with Crippen LogP contribution in [0.2, 0.25) is 10.0 Å². The Balaban J connectivity index is 1.26. The number of amides is 1. The molecule has 4 nitrogen and oxygen atoms in total. The normalized spacial score (nSPS) is 15.3. The summed E-state index contributed by atoms with van der Waals surface area (Å²) in [5.41, 5.74) is 1.61. The van der Waals surface area contributed by atoms with E-state index in [4.69, 9.17) is 23.2 Å². The van der Waals surface area contributed by atoms with Gasteiger partial charge in [-0.1, -0.05) is 47.5 Å². The van der Waals surface area contributed by atoms with E-state index in [9.17, 15) is 9.18 Å². The third-order valence-corrected chi connectivity index (χ3v) is 6.20. The topological polar surface area (TPSA) is 44.4 Å². The lowest BCUT2D eigenvalue weighted by Crippen LogP contribution is -2.39. The maximum atomic E-state index is 13.6. The fourth-order valence-electron chi connectivity index (χ4n) is 3.72. The summed E-state index contributed by atoms with van der Waals surface area (Å²) in [7, 11) is 0. The molecule has 2 N–H and O–H groups in total. The van der Waals surface area contributed by atoms with E-state index < -0.39 is 0 Å². The molecule has 1 aliphatic rings. The number of benzene rings is 2. The lowest BCUT2D eigenvalue weighted by atomic mass is 9.96. The first-order chi connectivity index (χ1) is 14.5. The fraction of sp³-hybridized carbons (Fsp3) is 0.435. The van der Waals surface area contributed by atoms with Gasteiger partial charge in [0.1, 0.15) is 5.82 Å². The standard InChI is InChI=1S/C23H28Cl2FN3O/c24-20-6-5-18(13-21(20)25)16-29-11-7-17(8-12-29)15-27-9-10-28-23(30)14-19-3-1-2-4-22(19)26/h1-6,13,17,27H,7-12,14-16H2,(H,28,30). The lowest BCUT2D eigenvalue weighted by Gasteiger charge is -2.32. The van der Waals surface area contributed by atoms with Gasteiger partial charge in [-0.3, -0.25) is 9.69 Å². The Hall–Kier alpha value is -1.66. The average Bonchev–Trinajstić information content (AvgIpc) is 2.73. The third-order valence-electron chi connectivity index (χ3n) is 5.46. The van der Waals surface area contributed by atoms with Crippen molar-refractivity contribution in [2.75, 3.05) is 32.7 Å². The first-order valence-electron chi connectivity index (χ1n) is 10.4. The van der Waals surface area contributed by atoms with Gasteiger partial charge < -0.3 is 10.6 Å². The maximum absolute atomic E-state index is 13.6. The predicted molar refractivity (Wildman–Crippen MR) is 120 cm³/mol. The Morgan fingerprint density at radius 1 is 1.07 bits per heavy atom. The van der Waals surface area contributed by atoms with E-state index in [0.717, 1.165) is 39.0 Å². The van der Waals surface area contributed by atoms with Crippen molar-refractivity contribution in [3.05, 3.63) is 69.5 Å².